The molecule has 2 aromatic rings. The molecule has 0 fully saturated rings. The zero-order valence-electron chi connectivity index (χ0n) is 13.5. The van der Waals surface area contributed by atoms with Crippen molar-refractivity contribution in [3.8, 4) is 0 Å². The van der Waals surface area contributed by atoms with Gasteiger partial charge in [-0.05, 0) is 36.4 Å². The third kappa shape index (κ3) is 6.92. The maximum atomic E-state index is 12.0. The molecule has 0 bridgehead atoms. The number of benzene rings is 2. The van der Waals surface area contributed by atoms with Gasteiger partial charge in [-0.25, -0.2) is 0 Å². The Balaban J connectivity index is 1.78. The van der Waals surface area contributed by atoms with Gasteiger partial charge in [0.25, 0.3) is 11.8 Å². The molecular weight excluding hydrogens is 438 g/mol. The van der Waals surface area contributed by atoms with Gasteiger partial charge in [-0.3, -0.25) is 14.4 Å². The Kier molecular flexibility index (Phi) is 7.74. The molecule has 0 aliphatic heterocycles. The number of carbonyl (C=O) groups is 3. The molecule has 6 nitrogen and oxygen atoms in total. The van der Waals surface area contributed by atoms with Crippen LogP contribution in [-0.4, -0.2) is 30.9 Å². The van der Waals surface area contributed by atoms with E-state index in [-0.39, 0.29) is 10.6 Å². The minimum atomic E-state index is -0.798. The first-order valence-corrected chi connectivity index (χ1v) is 8.90. The number of carbonyl (C=O) groups excluding carboxylic acids is 3. The molecule has 0 radical (unpaired) electrons. The first-order valence-electron chi connectivity index (χ1n) is 7.39. The molecule has 142 valence electrons. The standard InChI is InChI=1S/C17H12Cl4N2O4/c18-9-1-2-13(14(21)6-9)17(26)22-7-16(25)27-8-15(24)23-12-4-10(19)3-11(20)5-12/h1-6H,7-8H2,(H,22,26)(H,23,24). The summed E-state index contributed by atoms with van der Waals surface area (Å²) in [6.07, 6.45) is 0. The molecule has 0 spiro atoms. The monoisotopic (exact) mass is 448 g/mol. The Morgan fingerprint density at radius 1 is 0.889 bits per heavy atom. The molecule has 0 atom stereocenters. The summed E-state index contributed by atoms with van der Waals surface area (Å²) in [5.41, 5.74) is 0.517. The van der Waals surface area contributed by atoms with Crippen molar-refractivity contribution in [3.63, 3.8) is 0 Å². The van der Waals surface area contributed by atoms with Crippen LogP contribution < -0.4 is 10.6 Å². The number of halogens is 4. The highest BCUT2D eigenvalue weighted by atomic mass is 35.5. The second-order valence-electron chi connectivity index (χ2n) is 5.17. The molecule has 2 rings (SSSR count). The van der Waals surface area contributed by atoms with Gasteiger partial charge in [0.2, 0.25) is 0 Å². The number of ether oxygens (including phenoxy) is 1. The van der Waals surface area contributed by atoms with Crippen molar-refractivity contribution < 1.29 is 19.1 Å². The molecule has 0 aliphatic carbocycles. The molecule has 2 N–H and O–H groups in total. The first kappa shape index (κ1) is 21.3. The number of nitrogens with one attached hydrogen (secondary N) is 2. The average molecular weight is 450 g/mol. The molecule has 0 aromatic heterocycles. The van der Waals surface area contributed by atoms with E-state index in [0.717, 1.165) is 0 Å². The summed E-state index contributed by atoms with van der Waals surface area (Å²) in [6, 6.07) is 8.81. The molecule has 10 heteroatoms. The number of esters is 1. The van der Waals surface area contributed by atoms with Gasteiger partial charge >= 0.3 is 5.97 Å². The minimum Gasteiger partial charge on any atom is -0.454 e. The summed E-state index contributed by atoms with van der Waals surface area (Å²) in [7, 11) is 0. The van der Waals surface area contributed by atoms with Crippen molar-refractivity contribution in [1.29, 1.82) is 0 Å². The fourth-order valence-electron chi connectivity index (χ4n) is 1.94. The molecule has 0 aliphatic rings. The molecule has 2 amide bonds. The van der Waals surface area contributed by atoms with Crippen molar-refractivity contribution >= 4 is 69.9 Å². The third-order valence-corrected chi connectivity index (χ3v) is 4.06. The molecule has 0 saturated heterocycles. The van der Waals surface area contributed by atoms with Crippen LogP contribution in [0.4, 0.5) is 5.69 Å². The smallest absolute Gasteiger partial charge is 0.325 e. The summed E-state index contributed by atoms with van der Waals surface area (Å²) in [5.74, 6) is -1.96. The lowest BCUT2D eigenvalue weighted by Crippen LogP contribution is -2.32. The second-order valence-corrected chi connectivity index (χ2v) is 6.89. The quantitative estimate of drug-likeness (QED) is 0.647. The maximum absolute atomic E-state index is 12.0. The number of amides is 2. The average Bonchev–Trinajstić information content (AvgIpc) is 2.57. The molecule has 0 saturated carbocycles. The van der Waals surface area contributed by atoms with E-state index in [1.165, 1.54) is 36.4 Å². The lowest BCUT2D eigenvalue weighted by molar-refractivity contribution is -0.146. The van der Waals surface area contributed by atoms with E-state index < -0.39 is 30.9 Å². The lowest BCUT2D eigenvalue weighted by Gasteiger charge is -2.09. The number of rotatable bonds is 6. The summed E-state index contributed by atoms with van der Waals surface area (Å²) in [6.45, 7) is -0.978. The molecule has 0 heterocycles. The maximum Gasteiger partial charge on any atom is 0.325 e. The highest BCUT2D eigenvalue weighted by molar-refractivity contribution is 6.37. The van der Waals surface area contributed by atoms with Crippen LogP contribution in [0.25, 0.3) is 0 Å². The highest BCUT2D eigenvalue weighted by Gasteiger charge is 2.14. The topological polar surface area (TPSA) is 84.5 Å². The SMILES string of the molecule is O=C(COC(=O)CNC(=O)c1ccc(Cl)cc1Cl)Nc1cc(Cl)cc(Cl)c1. The van der Waals surface area contributed by atoms with E-state index >= 15 is 0 Å². The Labute approximate surface area is 174 Å². The normalized spacial score (nSPS) is 10.2. The van der Waals surface area contributed by atoms with Gasteiger partial charge in [-0.2, -0.15) is 0 Å². The number of anilines is 1. The van der Waals surface area contributed by atoms with Crippen molar-refractivity contribution in [2.24, 2.45) is 0 Å². The Bertz CT molecular complexity index is 869. The zero-order valence-corrected chi connectivity index (χ0v) is 16.5. The van der Waals surface area contributed by atoms with Crippen LogP contribution in [0.15, 0.2) is 36.4 Å². The van der Waals surface area contributed by atoms with Gasteiger partial charge in [-0.1, -0.05) is 46.4 Å². The van der Waals surface area contributed by atoms with E-state index in [1.807, 2.05) is 0 Å². The Hall–Kier alpha value is -1.99. The van der Waals surface area contributed by atoms with E-state index in [4.69, 9.17) is 51.1 Å². The van der Waals surface area contributed by atoms with Crippen LogP contribution in [0.2, 0.25) is 20.1 Å². The molecular formula is C17H12Cl4N2O4. The number of hydrogen-bond donors (Lipinski definition) is 2. The van der Waals surface area contributed by atoms with Crippen molar-refractivity contribution in [2.75, 3.05) is 18.5 Å². The van der Waals surface area contributed by atoms with Crippen molar-refractivity contribution in [2.45, 2.75) is 0 Å². The summed E-state index contributed by atoms with van der Waals surface area (Å²) < 4.78 is 4.79. The van der Waals surface area contributed by atoms with E-state index in [0.29, 0.717) is 20.8 Å². The predicted molar refractivity (Wildman–Crippen MR) is 105 cm³/mol. The van der Waals surface area contributed by atoms with Gasteiger partial charge in [0.15, 0.2) is 6.61 Å². The van der Waals surface area contributed by atoms with Gasteiger partial charge in [-0.15, -0.1) is 0 Å². The van der Waals surface area contributed by atoms with E-state index in [9.17, 15) is 14.4 Å². The predicted octanol–water partition coefficient (Wildman–Crippen LogP) is 4.21. The van der Waals surface area contributed by atoms with Gasteiger partial charge in [0, 0.05) is 20.8 Å². The van der Waals surface area contributed by atoms with E-state index in [1.54, 1.807) is 0 Å². The van der Waals surface area contributed by atoms with Crippen LogP contribution >= 0.6 is 46.4 Å². The minimum absolute atomic E-state index is 0.146. The van der Waals surface area contributed by atoms with Crippen LogP contribution in [0.5, 0.6) is 0 Å². The fraction of sp³-hybridized carbons (Fsp3) is 0.118. The Morgan fingerprint density at radius 3 is 2.19 bits per heavy atom. The van der Waals surface area contributed by atoms with Gasteiger partial charge in [0.1, 0.15) is 6.54 Å². The second kappa shape index (κ2) is 9.80. The third-order valence-electron chi connectivity index (χ3n) is 3.08. The Morgan fingerprint density at radius 2 is 1.56 bits per heavy atom. The van der Waals surface area contributed by atoms with Crippen LogP contribution in [0.1, 0.15) is 10.4 Å². The molecule has 2 aromatic carbocycles. The summed E-state index contributed by atoms with van der Waals surface area (Å²) in [4.78, 5) is 35.4. The van der Waals surface area contributed by atoms with E-state index in [2.05, 4.69) is 10.6 Å². The molecule has 27 heavy (non-hydrogen) atoms. The highest BCUT2D eigenvalue weighted by Crippen LogP contribution is 2.22. The molecule has 0 unspecified atom stereocenters. The summed E-state index contributed by atoms with van der Waals surface area (Å²) in [5, 5.41) is 6.04. The summed E-state index contributed by atoms with van der Waals surface area (Å²) >= 11 is 23.3. The van der Waals surface area contributed by atoms with Crippen LogP contribution in [-0.2, 0) is 14.3 Å². The van der Waals surface area contributed by atoms with Gasteiger partial charge < -0.3 is 15.4 Å². The zero-order chi connectivity index (χ0) is 20.0. The van der Waals surface area contributed by atoms with Crippen LogP contribution in [0, 0.1) is 0 Å². The van der Waals surface area contributed by atoms with Crippen LogP contribution in [0.3, 0.4) is 0 Å². The fourth-order valence-corrected chi connectivity index (χ4v) is 2.96. The van der Waals surface area contributed by atoms with Gasteiger partial charge in [0.05, 0.1) is 10.6 Å². The lowest BCUT2D eigenvalue weighted by atomic mass is 10.2. The van der Waals surface area contributed by atoms with Crippen molar-refractivity contribution in [3.05, 3.63) is 62.1 Å². The van der Waals surface area contributed by atoms with Crippen molar-refractivity contribution in [1.82, 2.24) is 5.32 Å². The number of hydrogen-bond acceptors (Lipinski definition) is 4. The largest absolute Gasteiger partial charge is 0.454 e. The first-order chi connectivity index (χ1) is 12.7.